The highest BCUT2D eigenvalue weighted by Gasteiger charge is 2.65. The maximum atomic E-state index is 8.06. The van der Waals surface area contributed by atoms with E-state index in [1.165, 1.54) is 12.8 Å². The molecule has 6 aliphatic rings. The maximum Gasteiger partial charge on any atom is 0.493 e. The van der Waals surface area contributed by atoms with Crippen molar-refractivity contribution in [3.63, 3.8) is 0 Å². The van der Waals surface area contributed by atoms with Crippen LogP contribution in [-0.2, 0) is 62.0 Å². The van der Waals surface area contributed by atoms with Crippen molar-refractivity contribution in [2.24, 2.45) is 29.6 Å². The van der Waals surface area contributed by atoms with E-state index < -0.39 is 44.5 Å². The van der Waals surface area contributed by atoms with Crippen LogP contribution in [0.5, 0.6) is 0 Å². The highest BCUT2D eigenvalue weighted by molar-refractivity contribution is 6.89. The summed E-state index contributed by atoms with van der Waals surface area (Å²) < 4.78 is 96.5. The Bertz CT molecular complexity index is 1520. The van der Waals surface area contributed by atoms with E-state index in [0.717, 1.165) is 153 Å². The van der Waals surface area contributed by atoms with Crippen LogP contribution in [0.15, 0.2) is 0 Å². The van der Waals surface area contributed by atoms with E-state index in [2.05, 4.69) is 41.5 Å². The van der Waals surface area contributed by atoms with Crippen molar-refractivity contribution in [2.75, 3.05) is 42.7 Å². The Balaban J connectivity index is 1.36. The Morgan fingerprint density at radius 3 is 1.36 bits per heavy atom. The number of hydrogen-bond donors (Lipinski definition) is 0. The zero-order valence-electron chi connectivity index (χ0n) is 48.3. The monoisotopic (exact) mass is 1120 g/mol. The average Bonchev–Trinajstić information content (AvgIpc) is 3.39. The molecule has 14 nitrogen and oxygen atoms in total. The summed E-state index contributed by atoms with van der Waals surface area (Å²) in [4.78, 5) is 0. The summed E-state index contributed by atoms with van der Waals surface area (Å²) in [6.45, 7) is 12.9. The molecule has 8 unspecified atom stereocenters. The maximum absolute atomic E-state index is 8.06. The average molecular weight is 1120 g/mol. The van der Waals surface area contributed by atoms with Crippen LogP contribution in [0.3, 0.4) is 0 Å². The molecule has 8 atom stereocenters. The smallest absolute Gasteiger partial charge is 0.397 e. The fourth-order valence-electron chi connectivity index (χ4n) is 13.5. The lowest BCUT2D eigenvalue weighted by Gasteiger charge is -2.50. The molecule has 5 aliphatic carbocycles. The van der Waals surface area contributed by atoms with E-state index in [1.54, 1.807) is 21.3 Å². The summed E-state index contributed by atoms with van der Waals surface area (Å²) in [6, 6.07) is 3.56. The first-order valence-electron chi connectivity index (χ1n) is 29.7. The molecule has 0 amide bonds. The predicted octanol–water partition coefficient (Wildman–Crippen LogP) is 12.6. The summed E-state index contributed by atoms with van der Waals surface area (Å²) in [5, 5.41) is 0. The normalized spacial score (nSPS) is 36.0. The highest BCUT2D eigenvalue weighted by atomic mass is 28.6. The second-order valence-electron chi connectivity index (χ2n) is 24.2. The van der Waals surface area contributed by atoms with Crippen LogP contribution in [0.1, 0.15) is 196 Å². The standard InChI is InChI=1S/C54H108O14Si5/c1-42(2)61-50-25-19-45(20-26-50)32-36-70(57-9)64-69(35-31-48-15-13-17-53(39-48)55-7)65-72(66-70,38-34-47-23-29-52(30-24-47)63-44(5)6)67-71(58-10,37-33-46-21-27-51(28-22-46)62-43(3)4)68-73(59-11,60-12)41-49-16-14-18-54(40-49)56-8/h42-54,69H,13-41H2,1-12H3. The van der Waals surface area contributed by atoms with Crippen LogP contribution < -0.4 is 0 Å². The molecule has 0 N–H and O–H groups in total. The molecule has 1 saturated heterocycles. The molecule has 428 valence electrons. The van der Waals surface area contributed by atoms with Crippen molar-refractivity contribution in [3.05, 3.63) is 0 Å². The first-order valence-corrected chi connectivity index (χ1v) is 39.2. The molecule has 0 spiro atoms. The number of ether oxygens (including phenoxy) is 5. The van der Waals surface area contributed by atoms with Gasteiger partial charge in [0.2, 0.25) is 0 Å². The topological polar surface area (TPSA) is 129 Å². The van der Waals surface area contributed by atoms with Gasteiger partial charge < -0.3 is 62.0 Å². The number of hydrogen-bond acceptors (Lipinski definition) is 14. The van der Waals surface area contributed by atoms with Crippen LogP contribution in [-0.4, -0.2) is 136 Å². The predicted molar refractivity (Wildman–Crippen MR) is 298 cm³/mol. The van der Waals surface area contributed by atoms with Crippen LogP contribution in [0.4, 0.5) is 0 Å². The van der Waals surface area contributed by atoms with Crippen LogP contribution in [0, 0.1) is 29.6 Å². The molecule has 5 saturated carbocycles. The Morgan fingerprint density at radius 1 is 0.466 bits per heavy atom. The van der Waals surface area contributed by atoms with Gasteiger partial charge in [0.1, 0.15) is 0 Å². The van der Waals surface area contributed by atoms with E-state index >= 15 is 0 Å². The molecule has 6 rings (SSSR count). The van der Waals surface area contributed by atoms with Crippen LogP contribution in [0.2, 0.25) is 30.2 Å². The van der Waals surface area contributed by atoms with Gasteiger partial charge in [0.15, 0.2) is 0 Å². The zero-order valence-corrected chi connectivity index (χ0v) is 53.5. The Kier molecular flexibility index (Phi) is 26.6. The molecule has 6 fully saturated rings. The largest absolute Gasteiger partial charge is 0.493 e. The second-order valence-corrected chi connectivity index (χ2v) is 39.0. The fourth-order valence-corrected chi connectivity index (χ4v) is 37.3. The lowest BCUT2D eigenvalue weighted by atomic mass is 9.85. The first-order chi connectivity index (χ1) is 35.1. The van der Waals surface area contributed by atoms with Gasteiger partial charge in [0.25, 0.3) is 0 Å². The summed E-state index contributed by atoms with van der Waals surface area (Å²) >= 11 is 0. The van der Waals surface area contributed by atoms with Gasteiger partial charge in [-0.1, -0.05) is 25.7 Å². The van der Waals surface area contributed by atoms with E-state index in [4.69, 9.17) is 62.0 Å². The molecule has 0 aromatic rings. The van der Waals surface area contributed by atoms with Gasteiger partial charge in [-0.25, -0.2) is 0 Å². The Labute approximate surface area is 451 Å². The molecule has 0 radical (unpaired) electrons. The van der Waals surface area contributed by atoms with Crippen LogP contribution >= 0.6 is 0 Å². The van der Waals surface area contributed by atoms with E-state index in [-0.39, 0.29) is 24.4 Å². The minimum atomic E-state index is -3.77. The minimum absolute atomic E-state index is 0.216. The van der Waals surface area contributed by atoms with Gasteiger partial charge in [-0.3, -0.25) is 0 Å². The Morgan fingerprint density at radius 2 is 0.904 bits per heavy atom. The van der Waals surface area contributed by atoms with Crippen molar-refractivity contribution in [1.82, 2.24) is 0 Å². The third-order valence-electron chi connectivity index (χ3n) is 17.6. The molecule has 19 heteroatoms. The number of rotatable bonds is 30. The summed E-state index contributed by atoms with van der Waals surface area (Å²) in [5.41, 5.74) is 0. The molecule has 0 bridgehead atoms. The number of methoxy groups -OCH3 is 2. The fraction of sp³-hybridized carbons (Fsp3) is 1.00. The van der Waals surface area contributed by atoms with Crippen LogP contribution in [0.25, 0.3) is 0 Å². The third-order valence-corrected chi connectivity index (χ3v) is 37.1. The van der Waals surface area contributed by atoms with E-state index in [1.807, 2.05) is 21.3 Å². The van der Waals surface area contributed by atoms with Crippen molar-refractivity contribution in [3.8, 4) is 0 Å². The van der Waals surface area contributed by atoms with Gasteiger partial charge in [-0.05, 0) is 206 Å². The van der Waals surface area contributed by atoms with Gasteiger partial charge in [0.05, 0.1) is 48.8 Å². The second kappa shape index (κ2) is 30.9. The van der Waals surface area contributed by atoms with Crippen molar-refractivity contribution in [2.45, 2.75) is 275 Å². The molecular weight excluding hydrogens is 1010 g/mol. The van der Waals surface area contributed by atoms with E-state index in [9.17, 15) is 0 Å². The molecule has 1 aliphatic heterocycles. The quantitative estimate of drug-likeness (QED) is 0.0633. The van der Waals surface area contributed by atoms with E-state index in [0.29, 0.717) is 72.1 Å². The summed E-state index contributed by atoms with van der Waals surface area (Å²) in [7, 11) is -5.94. The van der Waals surface area contributed by atoms with Crippen molar-refractivity contribution >= 4 is 44.5 Å². The van der Waals surface area contributed by atoms with Gasteiger partial charge in [-0.2, -0.15) is 0 Å². The van der Waals surface area contributed by atoms with Crippen molar-refractivity contribution in [1.29, 1.82) is 0 Å². The third kappa shape index (κ3) is 19.9. The van der Waals surface area contributed by atoms with Gasteiger partial charge in [0, 0.05) is 66.8 Å². The summed E-state index contributed by atoms with van der Waals surface area (Å²) in [5.74, 6) is 2.44. The molecular formula is C54H108O14Si5. The zero-order chi connectivity index (χ0) is 52.5. The molecule has 73 heavy (non-hydrogen) atoms. The van der Waals surface area contributed by atoms with Gasteiger partial charge >= 0.3 is 44.5 Å². The summed E-state index contributed by atoms with van der Waals surface area (Å²) in [6.07, 6.45) is 28.0. The molecule has 0 aromatic heterocycles. The SMILES string of the molecule is COC1CCCC(CC[SiH]2O[Si](CCC3CCC(OC(C)C)CC3)(OC)O[Si](CCC3CCC(OC(C)C)CC3)(O[Si](CCC3CCC(OC(C)C)CC3)(OC)O[Si](CC3CCCC(OC)C3)(OC)OC)O2)C1. The first kappa shape index (κ1) is 62.7. The minimum Gasteiger partial charge on any atom is -0.397 e. The lowest BCUT2D eigenvalue weighted by molar-refractivity contribution is -0.0202. The molecule has 1 heterocycles. The van der Waals surface area contributed by atoms with Crippen molar-refractivity contribution < 1.29 is 62.0 Å². The highest BCUT2D eigenvalue weighted by Crippen LogP contribution is 2.45. The lowest BCUT2D eigenvalue weighted by Crippen LogP contribution is -2.71. The Hall–Kier alpha value is 0.524. The van der Waals surface area contributed by atoms with Gasteiger partial charge in [-0.15, -0.1) is 0 Å². The molecule has 0 aromatic carbocycles.